The zero-order valence-corrected chi connectivity index (χ0v) is 12.8. The molecule has 1 heterocycles. The summed E-state index contributed by atoms with van der Waals surface area (Å²) in [6.45, 7) is 0.0419. The van der Waals surface area contributed by atoms with Crippen molar-refractivity contribution in [2.45, 2.75) is 0 Å². The number of carbonyl (C=O) groups is 1. The van der Waals surface area contributed by atoms with Gasteiger partial charge in [0.25, 0.3) is 5.91 Å². The van der Waals surface area contributed by atoms with Gasteiger partial charge in [0.15, 0.2) is 0 Å². The number of hydrogen-bond acceptors (Lipinski definition) is 5. The van der Waals surface area contributed by atoms with Crippen LogP contribution in [0.1, 0.15) is 10.5 Å². The Labute approximate surface area is 131 Å². The molecule has 1 aromatic carbocycles. The monoisotopic (exact) mass is 326 g/mol. The third-order valence-electron chi connectivity index (χ3n) is 2.84. The maximum Gasteiger partial charge on any atom is 0.273 e. The van der Waals surface area contributed by atoms with E-state index < -0.39 is 0 Å². The minimum absolute atomic E-state index is 0.153. The van der Waals surface area contributed by atoms with Crippen LogP contribution in [0, 0.1) is 0 Å². The van der Waals surface area contributed by atoms with E-state index in [0.717, 1.165) is 10.6 Å². The second-order valence-corrected chi connectivity index (χ2v) is 5.58. The second kappa shape index (κ2) is 7.51. The maximum absolute atomic E-state index is 12.3. The lowest BCUT2D eigenvalue weighted by Gasteiger charge is -2.19. The standard InChI is InChI=1S/C14H15ClN2O3S/c15-11-3-1-10(2-4-11)13-16-12(9-21-13)14(20)17(5-7-18)6-8-19/h1-4,9,18-19H,5-8H2. The highest BCUT2D eigenvalue weighted by Gasteiger charge is 2.18. The summed E-state index contributed by atoms with van der Waals surface area (Å²) in [4.78, 5) is 17.9. The normalized spacial score (nSPS) is 10.6. The van der Waals surface area contributed by atoms with E-state index in [1.165, 1.54) is 16.2 Å². The third kappa shape index (κ3) is 4.01. The van der Waals surface area contributed by atoms with Gasteiger partial charge in [-0.05, 0) is 12.1 Å². The Morgan fingerprint density at radius 2 is 1.81 bits per heavy atom. The lowest BCUT2D eigenvalue weighted by Crippen LogP contribution is -2.36. The number of aromatic nitrogens is 1. The van der Waals surface area contributed by atoms with E-state index in [0.29, 0.717) is 10.7 Å². The van der Waals surface area contributed by atoms with Crippen LogP contribution in [0.2, 0.25) is 5.02 Å². The average molecular weight is 327 g/mol. The van der Waals surface area contributed by atoms with Crippen molar-refractivity contribution in [2.75, 3.05) is 26.3 Å². The first-order valence-electron chi connectivity index (χ1n) is 6.38. The van der Waals surface area contributed by atoms with E-state index in [1.54, 1.807) is 17.5 Å². The van der Waals surface area contributed by atoms with Crippen molar-refractivity contribution in [3.05, 3.63) is 40.4 Å². The minimum Gasteiger partial charge on any atom is -0.395 e. The summed E-state index contributed by atoms with van der Waals surface area (Å²) < 4.78 is 0. The van der Waals surface area contributed by atoms with Crippen LogP contribution in [0.15, 0.2) is 29.6 Å². The molecule has 0 saturated carbocycles. The number of rotatable bonds is 6. The molecular weight excluding hydrogens is 312 g/mol. The highest BCUT2D eigenvalue weighted by Crippen LogP contribution is 2.25. The van der Waals surface area contributed by atoms with Crippen LogP contribution in [0.4, 0.5) is 0 Å². The lowest BCUT2D eigenvalue weighted by molar-refractivity contribution is 0.0680. The summed E-state index contributed by atoms with van der Waals surface area (Å²) in [6.07, 6.45) is 0. The number of aliphatic hydroxyl groups is 2. The molecule has 0 fully saturated rings. The number of carbonyl (C=O) groups excluding carboxylic acids is 1. The summed E-state index contributed by atoms with van der Waals surface area (Å²) in [7, 11) is 0. The number of aliphatic hydroxyl groups excluding tert-OH is 2. The SMILES string of the molecule is O=C(c1csc(-c2ccc(Cl)cc2)n1)N(CCO)CCO. The molecule has 0 aliphatic carbocycles. The summed E-state index contributed by atoms with van der Waals surface area (Å²) in [5, 5.41) is 21.0. The van der Waals surface area contributed by atoms with E-state index >= 15 is 0 Å². The van der Waals surface area contributed by atoms with Gasteiger partial charge in [-0.1, -0.05) is 23.7 Å². The van der Waals surface area contributed by atoms with Gasteiger partial charge >= 0.3 is 0 Å². The highest BCUT2D eigenvalue weighted by molar-refractivity contribution is 7.13. The van der Waals surface area contributed by atoms with Gasteiger partial charge in [-0.3, -0.25) is 4.79 Å². The number of thiazole rings is 1. The number of nitrogens with zero attached hydrogens (tertiary/aromatic N) is 2. The smallest absolute Gasteiger partial charge is 0.273 e. The first-order valence-corrected chi connectivity index (χ1v) is 7.64. The molecule has 2 rings (SSSR count). The zero-order chi connectivity index (χ0) is 15.2. The minimum atomic E-state index is -0.297. The van der Waals surface area contributed by atoms with E-state index in [-0.39, 0.29) is 32.2 Å². The van der Waals surface area contributed by atoms with Gasteiger partial charge in [0.1, 0.15) is 10.7 Å². The van der Waals surface area contributed by atoms with Gasteiger partial charge in [0, 0.05) is 29.1 Å². The van der Waals surface area contributed by atoms with Crippen LogP contribution < -0.4 is 0 Å². The van der Waals surface area contributed by atoms with Crippen molar-refractivity contribution in [1.82, 2.24) is 9.88 Å². The molecule has 5 nitrogen and oxygen atoms in total. The first-order chi connectivity index (χ1) is 10.2. The van der Waals surface area contributed by atoms with Crippen LogP contribution in [0.5, 0.6) is 0 Å². The Balaban J connectivity index is 2.18. The third-order valence-corrected chi connectivity index (χ3v) is 3.98. The molecular formula is C14H15ClN2O3S. The molecule has 112 valence electrons. The van der Waals surface area contributed by atoms with Crippen molar-refractivity contribution in [3.63, 3.8) is 0 Å². The highest BCUT2D eigenvalue weighted by atomic mass is 35.5. The number of hydrogen-bond donors (Lipinski definition) is 2. The first kappa shape index (κ1) is 15.9. The molecule has 0 atom stereocenters. The fourth-order valence-corrected chi connectivity index (χ4v) is 2.74. The van der Waals surface area contributed by atoms with Crippen molar-refractivity contribution in [1.29, 1.82) is 0 Å². The Hall–Kier alpha value is -1.47. The number of amides is 1. The fraction of sp³-hybridized carbons (Fsp3) is 0.286. The van der Waals surface area contributed by atoms with Gasteiger partial charge in [-0.25, -0.2) is 4.98 Å². The van der Waals surface area contributed by atoms with Crippen LogP contribution in [0.25, 0.3) is 10.6 Å². The van der Waals surface area contributed by atoms with Gasteiger partial charge < -0.3 is 15.1 Å². The molecule has 21 heavy (non-hydrogen) atoms. The molecule has 1 amide bonds. The van der Waals surface area contributed by atoms with Crippen LogP contribution >= 0.6 is 22.9 Å². The van der Waals surface area contributed by atoms with Crippen LogP contribution in [-0.4, -0.2) is 52.3 Å². The van der Waals surface area contributed by atoms with Crippen LogP contribution in [0.3, 0.4) is 0 Å². The van der Waals surface area contributed by atoms with E-state index in [9.17, 15) is 4.79 Å². The average Bonchev–Trinajstić information content (AvgIpc) is 2.97. The van der Waals surface area contributed by atoms with Gasteiger partial charge in [0.05, 0.1) is 13.2 Å². The van der Waals surface area contributed by atoms with Crippen molar-refractivity contribution >= 4 is 28.8 Å². The molecule has 2 N–H and O–H groups in total. The number of halogens is 1. The molecule has 0 aliphatic rings. The Morgan fingerprint density at radius 1 is 1.19 bits per heavy atom. The molecule has 0 unspecified atom stereocenters. The molecule has 2 aromatic rings. The summed E-state index contributed by atoms with van der Waals surface area (Å²) in [6, 6.07) is 7.22. The topological polar surface area (TPSA) is 73.7 Å². The second-order valence-electron chi connectivity index (χ2n) is 4.28. The van der Waals surface area contributed by atoms with E-state index in [4.69, 9.17) is 21.8 Å². The molecule has 7 heteroatoms. The largest absolute Gasteiger partial charge is 0.395 e. The molecule has 0 radical (unpaired) electrons. The summed E-state index contributed by atoms with van der Waals surface area (Å²) in [5.74, 6) is -0.297. The van der Waals surface area contributed by atoms with E-state index in [1.807, 2.05) is 12.1 Å². The molecule has 0 bridgehead atoms. The van der Waals surface area contributed by atoms with Gasteiger partial charge in [0.2, 0.25) is 0 Å². The van der Waals surface area contributed by atoms with Gasteiger partial charge in [-0.15, -0.1) is 11.3 Å². The van der Waals surface area contributed by atoms with Crippen molar-refractivity contribution in [2.24, 2.45) is 0 Å². The molecule has 1 aromatic heterocycles. The van der Waals surface area contributed by atoms with Crippen molar-refractivity contribution < 1.29 is 15.0 Å². The lowest BCUT2D eigenvalue weighted by atomic mass is 10.2. The predicted molar refractivity (Wildman–Crippen MR) is 82.6 cm³/mol. The summed E-state index contributed by atoms with van der Waals surface area (Å²) >= 11 is 7.20. The predicted octanol–water partition coefficient (Wildman–Crippen LogP) is 1.89. The van der Waals surface area contributed by atoms with Crippen LogP contribution in [-0.2, 0) is 0 Å². The summed E-state index contributed by atoms with van der Waals surface area (Å²) in [5.41, 5.74) is 1.20. The molecule has 0 spiro atoms. The van der Waals surface area contributed by atoms with Gasteiger partial charge in [-0.2, -0.15) is 0 Å². The Bertz CT molecular complexity index is 595. The molecule has 0 saturated heterocycles. The quantitative estimate of drug-likeness (QED) is 0.850. The zero-order valence-electron chi connectivity index (χ0n) is 11.2. The Kier molecular flexibility index (Phi) is 5.69. The number of benzene rings is 1. The van der Waals surface area contributed by atoms with E-state index in [2.05, 4.69) is 4.98 Å². The Morgan fingerprint density at radius 3 is 2.38 bits per heavy atom. The fourth-order valence-electron chi connectivity index (χ4n) is 1.82. The molecule has 0 aliphatic heterocycles. The maximum atomic E-state index is 12.3. The van der Waals surface area contributed by atoms with Crippen molar-refractivity contribution in [3.8, 4) is 10.6 Å².